The fourth-order valence-corrected chi connectivity index (χ4v) is 1.98. The second kappa shape index (κ2) is 3.44. The molecule has 0 radical (unpaired) electrons. The van der Waals surface area contributed by atoms with Gasteiger partial charge in [0.05, 0.1) is 5.52 Å². The van der Waals surface area contributed by atoms with Gasteiger partial charge in [-0.3, -0.25) is 4.98 Å². The van der Waals surface area contributed by atoms with Gasteiger partial charge in [-0.1, -0.05) is 12.1 Å². The first-order chi connectivity index (χ1) is 8.17. The zero-order chi connectivity index (χ0) is 11.9. The van der Waals surface area contributed by atoms with E-state index in [-0.39, 0.29) is 0 Å². The van der Waals surface area contributed by atoms with Crippen LogP contribution >= 0.6 is 0 Å². The van der Waals surface area contributed by atoms with E-state index in [1.54, 1.807) is 12.3 Å². The number of pyridine rings is 1. The summed E-state index contributed by atoms with van der Waals surface area (Å²) >= 11 is 0. The van der Waals surface area contributed by atoms with Crippen LogP contribution in [0.2, 0.25) is 0 Å². The van der Waals surface area contributed by atoms with Crippen LogP contribution < -0.4 is 22.3 Å². The number of hydrazine groups is 1. The number of hydrogen-bond donors (Lipinski definition) is 4. The van der Waals surface area contributed by atoms with Gasteiger partial charge in [0.15, 0.2) is 0 Å². The van der Waals surface area contributed by atoms with E-state index < -0.39 is 5.66 Å². The smallest absolute Gasteiger partial charge is 0.132 e. The molecule has 2 heterocycles. The second-order valence-corrected chi connectivity index (χ2v) is 4.13. The predicted octanol–water partition coefficient (Wildman–Crippen LogP) is 0.254. The Balaban J connectivity index is 2.12. The number of fused-ring (bicyclic) bond motifs is 1. The molecule has 5 heteroatoms. The van der Waals surface area contributed by atoms with Gasteiger partial charge in [-0.25, -0.2) is 5.43 Å². The monoisotopic (exact) mass is 227 g/mol. The zero-order valence-corrected chi connectivity index (χ0v) is 9.14. The van der Waals surface area contributed by atoms with Gasteiger partial charge in [-0.05, 0) is 29.8 Å². The number of nitrogens with one attached hydrogen (secondary N) is 2. The molecule has 5 nitrogen and oxygen atoms in total. The first kappa shape index (κ1) is 10.1. The molecule has 1 atom stereocenters. The summed E-state index contributed by atoms with van der Waals surface area (Å²) in [5, 5.41) is 1.05. The lowest BCUT2D eigenvalue weighted by Gasteiger charge is -2.22. The molecular formula is C12H13N5. The van der Waals surface area contributed by atoms with E-state index in [2.05, 4.69) is 15.8 Å². The summed E-state index contributed by atoms with van der Waals surface area (Å²) in [5.41, 5.74) is 18.7. The highest BCUT2D eigenvalue weighted by molar-refractivity contribution is 5.79. The molecule has 1 aromatic heterocycles. The normalized spacial score (nSPS) is 23.5. The third-order valence-corrected chi connectivity index (χ3v) is 2.88. The van der Waals surface area contributed by atoms with Crippen molar-refractivity contribution in [1.82, 2.24) is 15.8 Å². The summed E-state index contributed by atoms with van der Waals surface area (Å²) in [7, 11) is 0. The van der Waals surface area contributed by atoms with Crippen LogP contribution in [0, 0.1) is 0 Å². The maximum Gasteiger partial charge on any atom is 0.132 e. The minimum Gasteiger partial charge on any atom is -0.385 e. The lowest BCUT2D eigenvalue weighted by molar-refractivity contribution is 0.427. The van der Waals surface area contributed by atoms with Gasteiger partial charge in [0.1, 0.15) is 11.5 Å². The van der Waals surface area contributed by atoms with Gasteiger partial charge in [-0.2, -0.15) is 0 Å². The van der Waals surface area contributed by atoms with Gasteiger partial charge in [0.2, 0.25) is 0 Å². The third kappa shape index (κ3) is 1.61. The topological polar surface area (TPSA) is 89.0 Å². The minimum atomic E-state index is -0.770. The molecular weight excluding hydrogens is 214 g/mol. The molecule has 0 bridgehead atoms. The van der Waals surface area contributed by atoms with Crippen LogP contribution in [0.4, 0.5) is 0 Å². The average Bonchev–Trinajstić information content (AvgIpc) is 2.70. The van der Waals surface area contributed by atoms with Crippen molar-refractivity contribution in [3.8, 4) is 0 Å². The molecule has 0 spiro atoms. The largest absolute Gasteiger partial charge is 0.385 e. The van der Waals surface area contributed by atoms with E-state index in [9.17, 15) is 0 Å². The number of nitrogens with two attached hydrogens (primary N) is 2. The van der Waals surface area contributed by atoms with Gasteiger partial charge in [0, 0.05) is 11.6 Å². The lowest BCUT2D eigenvalue weighted by Crippen LogP contribution is -2.49. The summed E-state index contributed by atoms with van der Waals surface area (Å²) in [5.74, 6) is 0.527. The fraction of sp³-hybridized carbons (Fsp3) is 0.0833. The molecule has 86 valence electrons. The Morgan fingerprint density at radius 3 is 2.88 bits per heavy atom. The van der Waals surface area contributed by atoms with E-state index in [1.165, 1.54) is 0 Å². The van der Waals surface area contributed by atoms with Crippen LogP contribution in [0.1, 0.15) is 5.56 Å². The molecule has 3 rings (SSSR count). The Kier molecular flexibility index (Phi) is 2.04. The Morgan fingerprint density at radius 1 is 1.24 bits per heavy atom. The van der Waals surface area contributed by atoms with Crippen molar-refractivity contribution in [2.75, 3.05) is 0 Å². The van der Waals surface area contributed by atoms with Crippen molar-refractivity contribution in [2.24, 2.45) is 11.5 Å². The molecule has 17 heavy (non-hydrogen) atoms. The Labute approximate surface area is 98.5 Å². The summed E-state index contributed by atoms with van der Waals surface area (Å²) in [6, 6.07) is 9.80. The maximum absolute atomic E-state index is 6.21. The van der Waals surface area contributed by atoms with Crippen LogP contribution in [0.25, 0.3) is 10.9 Å². The second-order valence-electron chi connectivity index (χ2n) is 4.13. The molecule has 1 unspecified atom stereocenters. The van der Waals surface area contributed by atoms with E-state index in [1.807, 2.05) is 30.3 Å². The molecule has 1 aliphatic heterocycles. The third-order valence-electron chi connectivity index (χ3n) is 2.88. The Bertz CT molecular complexity index is 607. The number of nitrogens with zero attached hydrogens (tertiary/aromatic N) is 1. The summed E-state index contributed by atoms with van der Waals surface area (Å²) in [6.45, 7) is 0. The Hall–Kier alpha value is -2.11. The number of hydrogen-bond acceptors (Lipinski definition) is 5. The predicted molar refractivity (Wildman–Crippen MR) is 66.2 cm³/mol. The van der Waals surface area contributed by atoms with Gasteiger partial charge in [-0.15, -0.1) is 0 Å². The number of benzene rings is 1. The van der Waals surface area contributed by atoms with E-state index in [0.717, 1.165) is 16.5 Å². The van der Waals surface area contributed by atoms with Crippen molar-refractivity contribution in [3.63, 3.8) is 0 Å². The quantitative estimate of drug-likeness (QED) is 0.561. The molecule has 1 aromatic carbocycles. The van der Waals surface area contributed by atoms with Gasteiger partial charge in [0.25, 0.3) is 0 Å². The zero-order valence-electron chi connectivity index (χ0n) is 9.14. The molecule has 1 aliphatic rings. The standard InChI is InChI=1S/C12H13N5/c13-11-7-12(14,17-16-11)9-3-4-10-8(6-9)2-1-5-15-10/h1-7,16-17H,13-14H2. The molecule has 6 N–H and O–H groups in total. The van der Waals surface area contributed by atoms with Crippen LogP contribution in [0.3, 0.4) is 0 Å². The van der Waals surface area contributed by atoms with Crippen molar-refractivity contribution >= 4 is 10.9 Å². The molecule has 0 saturated heterocycles. The first-order valence-electron chi connectivity index (χ1n) is 5.33. The maximum atomic E-state index is 6.21. The summed E-state index contributed by atoms with van der Waals surface area (Å²) in [4.78, 5) is 4.27. The SMILES string of the molecule is NC1=CC(N)(c2ccc3ncccc3c2)NN1. The minimum absolute atomic E-state index is 0.527. The van der Waals surface area contributed by atoms with Crippen LogP contribution in [0.5, 0.6) is 0 Å². The van der Waals surface area contributed by atoms with Gasteiger partial charge < -0.3 is 16.9 Å². The average molecular weight is 227 g/mol. The molecule has 0 amide bonds. The Morgan fingerprint density at radius 2 is 2.12 bits per heavy atom. The van der Waals surface area contributed by atoms with Crippen LogP contribution in [0.15, 0.2) is 48.4 Å². The van der Waals surface area contributed by atoms with Crippen molar-refractivity contribution < 1.29 is 0 Å². The van der Waals surface area contributed by atoms with Crippen molar-refractivity contribution in [2.45, 2.75) is 5.66 Å². The highest BCUT2D eigenvalue weighted by Gasteiger charge is 2.29. The summed E-state index contributed by atoms with van der Waals surface area (Å²) < 4.78 is 0. The molecule has 0 fully saturated rings. The lowest BCUT2D eigenvalue weighted by atomic mass is 9.99. The van der Waals surface area contributed by atoms with E-state index in [4.69, 9.17) is 11.5 Å². The van der Waals surface area contributed by atoms with Gasteiger partial charge >= 0.3 is 0 Å². The molecule has 0 aliphatic carbocycles. The van der Waals surface area contributed by atoms with Crippen molar-refractivity contribution in [1.29, 1.82) is 0 Å². The molecule has 2 aromatic rings. The number of rotatable bonds is 1. The van der Waals surface area contributed by atoms with Crippen LogP contribution in [-0.4, -0.2) is 4.98 Å². The molecule has 0 saturated carbocycles. The fourth-order valence-electron chi connectivity index (χ4n) is 1.98. The first-order valence-corrected chi connectivity index (χ1v) is 5.33. The summed E-state index contributed by atoms with van der Waals surface area (Å²) in [6.07, 6.45) is 3.53. The van der Waals surface area contributed by atoms with E-state index >= 15 is 0 Å². The van der Waals surface area contributed by atoms with Crippen LogP contribution in [-0.2, 0) is 5.66 Å². The highest BCUT2D eigenvalue weighted by Crippen LogP contribution is 2.23. The van der Waals surface area contributed by atoms with E-state index in [0.29, 0.717) is 5.82 Å². The van der Waals surface area contributed by atoms with Crippen molar-refractivity contribution in [3.05, 3.63) is 54.0 Å². The highest BCUT2D eigenvalue weighted by atomic mass is 15.5. The number of aromatic nitrogens is 1.